The van der Waals surface area contributed by atoms with Crippen LogP contribution >= 0.6 is 0 Å². The first-order valence-corrected chi connectivity index (χ1v) is 9.06. The molecule has 5 nitrogen and oxygen atoms in total. The summed E-state index contributed by atoms with van der Waals surface area (Å²) in [7, 11) is 0. The number of aryl methyl sites for hydroxylation is 1. The van der Waals surface area contributed by atoms with E-state index in [1.165, 1.54) is 0 Å². The zero-order valence-corrected chi connectivity index (χ0v) is 15.7. The Hall–Kier alpha value is -3.99. The molecule has 0 radical (unpaired) electrons. The predicted molar refractivity (Wildman–Crippen MR) is 110 cm³/mol. The summed E-state index contributed by atoms with van der Waals surface area (Å²) in [6.45, 7) is 1.95. The van der Waals surface area contributed by atoms with Gasteiger partial charge in [-0.3, -0.25) is 0 Å². The molecule has 0 spiro atoms. The molecule has 3 aromatic rings. The zero-order valence-electron chi connectivity index (χ0n) is 15.7. The molecule has 0 fully saturated rings. The molecular weight excluding hydrogens is 366 g/mol. The second kappa shape index (κ2) is 7.94. The third kappa shape index (κ3) is 4.14. The Bertz CT molecular complexity index is 1130. The third-order valence-corrected chi connectivity index (χ3v) is 4.34. The van der Waals surface area contributed by atoms with E-state index >= 15 is 0 Å². The van der Waals surface area contributed by atoms with E-state index in [2.05, 4.69) is 4.99 Å². The van der Waals surface area contributed by atoms with E-state index in [0.717, 1.165) is 5.56 Å². The molecule has 4 rings (SSSR count). The summed E-state index contributed by atoms with van der Waals surface area (Å²) >= 11 is 0. The lowest BCUT2D eigenvalue weighted by Crippen LogP contribution is -2.09. The molecule has 3 aromatic carbocycles. The van der Waals surface area contributed by atoms with Crippen molar-refractivity contribution in [3.05, 3.63) is 107 Å². The molecule has 0 amide bonds. The normalized spacial score (nSPS) is 14.4. The Morgan fingerprint density at radius 3 is 2.38 bits per heavy atom. The third-order valence-electron chi connectivity index (χ3n) is 4.34. The van der Waals surface area contributed by atoms with E-state index in [0.29, 0.717) is 22.4 Å². The first kappa shape index (κ1) is 18.4. The fourth-order valence-electron chi connectivity index (χ4n) is 2.80. The van der Waals surface area contributed by atoms with Gasteiger partial charge in [-0.1, -0.05) is 54.1 Å². The lowest BCUT2D eigenvalue weighted by molar-refractivity contribution is -0.129. The van der Waals surface area contributed by atoms with E-state index in [1.54, 1.807) is 42.5 Å². The minimum absolute atomic E-state index is 0.141. The molecule has 142 valence electrons. The van der Waals surface area contributed by atoms with E-state index in [-0.39, 0.29) is 11.6 Å². The van der Waals surface area contributed by atoms with Crippen molar-refractivity contribution in [2.45, 2.75) is 6.92 Å². The second-order valence-corrected chi connectivity index (χ2v) is 6.50. The SMILES string of the molecule is Cc1ccc(C(=O)Oc2ccccc2/C=C2/N=C(c3ccccc3)OC2=O)cc1. The quantitative estimate of drug-likeness (QED) is 0.376. The minimum atomic E-state index is -0.552. The summed E-state index contributed by atoms with van der Waals surface area (Å²) in [4.78, 5) is 29.0. The number of benzene rings is 3. The summed E-state index contributed by atoms with van der Waals surface area (Å²) in [6.07, 6.45) is 1.55. The van der Waals surface area contributed by atoms with Crippen molar-refractivity contribution in [3.8, 4) is 5.75 Å². The molecule has 0 saturated heterocycles. The Morgan fingerprint density at radius 1 is 0.931 bits per heavy atom. The summed E-state index contributed by atoms with van der Waals surface area (Å²) in [5, 5.41) is 0. The molecule has 0 unspecified atom stereocenters. The van der Waals surface area contributed by atoms with Gasteiger partial charge in [-0.05, 0) is 43.3 Å². The van der Waals surface area contributed by atoms with Gasteiger partial charge in [0.25, 0.3) is 0 Å². The number of esters is 2. The van der Waals surface area contributed by atoms with Gasteiger partial charge in [-0.2, -0.15) is 0 Å². The van der Waals surface area contributed by atoms with Crippen molar-refractivity contribution >= 4 is 23.9 Å². The molecule has 1 aliphatic heterocycles. The predicted octanol–water partition coefficient (Wildman–Crippen LogP) is 4.56. The van der Waals surface area contributed by atoms with Crippen molar-refractivity contribution in [1.82, 2.24) is 0 Å². The van der Waals surface area contributed by atoms with E-state index < -0.39 is 11.9 Å². The molecule has 5 heteroatoms. The number of para-hydroxylation sites is 1. The first-order chi connectivity index (χ1) is 14.1. The van der Waals surface area contributed by atoms with Crippen LogP contribution in [0.15, 0.2) is 89.6 Å². The van der Waals surface area contributed by atoms with Crippen molar-refractivity contribution in [1.29, 1.82) is 0 Å². The smallest absolute Gasteiger partial charge is 0.363 e. The van der Waals surface area contributed by atoms with Crippen LogP contribution in [-0.4, -0.2) is 17.8 Å². The topological polar surface area (TPSA) is 65.0 Å². The fourth-order valence-corrected chi connectivity index (χ4v) is 2.80. The Morgan fingerprint density at radius 2 is 1.62 bits per heavy atom. The maximum atomic E-state index is 12.5. The lowest BCUT2D eigenvalue weighted by Gasteiger charge is -2.07. The second-order valence-electron chi connectivity index (χ2n) is 6.50. The summed E-state index contributed by atoms with van der Waals surface area (Å²) in [5.74, 6) is -0.445. The number of carbonyl (C=O) groups is 2. The minimum Gasteiger partial charge on any atom is -0.422 e. The highest BCUT2D eigenvalue weighted by molar-refractivity contribution is 6.13. The van der Waals surface area contributed by atoms with E-state index in [1.807, 2.05) is 49.4 Å². The standard InChI is InChI=1S/C24H17NO4/c1-16-11-13-18(14-12-16)23(26)28-21-10-6-5-9-19(21)15-20-24(27)29-22(25-20)17-7-3-2-4-8-17/h2-15H,1H3/b20-15+. The molecule has 0 saturated carbocycles. The van der Waals surface area contributed by atoms with Crippen LogP contribution in [0.4, 0.5) is 0 Å². The van der Waals surface area contributed by atoms with E-state index in [4.69, 9.17) is 9.47 Å². The van der Waals surface area contributed by atoms with Crippen LogP contribution < -0.4 is 4.74 Å². The number of ether oxygens (including phenoxy) is 2. The van der Waals surface area contributed by atoms with Gasteiger partial charge in [0, 0.05) is 11.1 Å². The van der Waals surface area contributed by atoms with Gasteiger partial charge in [0.05, 0.1) is 5.56 Å². The number of nitrogens with zero attached hydrogens (tertiary/aromatic N) is 1. The highest BCUT2D eigenvalue weighted by Gasteiger charge is 2.24. The van der Waals surface area contributed by atoms with Crippen LogP contribution in [0.5, 0.6) is 5.75 Å². The average molecular weight is 383 g/mol. The van der Waals surface area contributed by atoms with Crippen LogP contribution in [0.1, 0.15) is 27.0 Å². The molecule has 0 bridgehead atoms. The highest BCUT2D eigenvalue weighted by atomic mass is 16.6. The van der Waals surface area contributed by atoms with Gasteiger partial charge < -0.3 is 9.47 Å². The monoisotopic (exact) mass is 383 g/mol. The maximum absolute atomic E-state index is 12.5. The molecule has 1 heterocycles. The first-order valence-electron chi connectivity index (χ1n) is 9.06. The van der Waals surface area contributed by atoms with Crippen LogP contribution in [0.2, 0.25) is 0 Å². The van der Waals surface area contributed by atoms with Gasteiger partial charge in [-0.25, -0.2) is 14.6 Å². The summed E-state index contributed by atoms with van der Waals surface area (Å²) in [5.41, 5.74) is 2.91. The number of rotatable bonds is 4. The van der Waals surface area contributed by atoms with Gasteiger partial charge in [0.1, 0.15) is 5.75 Å². The van der Waals surface area contributed by atoms with Crippen LogP contribution in [0.25, 0.3) is 6.08 Å². The molecule has 0 aliphatic carbocycles. The Balaban J connectivity index is 1.61. The molecule has 0 N–H and O–H groups in total. The number of cyclic esters (lactones) is 1. The van der Waals surface area contributed by atoms with Gasteiger partial charge in [0.2, 0.25) is 5.90 Å². The Labute approximate surface area is 167 Å². The van der Waals surface area contributed by atoms with Crippen molar-refractivity contribution in [3.63, 3.8) is 0 Å². The molecular formula is C24H17NO4. The van der Waals surface area contributed by atoms with Crippen LogP contribution in [-0.2, 0) is 9.53 Å². The van der Waals surface area contributed by atoms with Crippen LogP contribution in [0, 0.1) is 6.92 Å². The highest BCUT2D eigenvalue weighted by Crippen LogP contribution is 2.25. The zero-order chi connectivity index (χ0) is 20.2. The van der Waals surface area contributed by atoms with Crippen molar-refractivity contribution in [2.75, 3.05) is 0 Å². The van der Waals surface area contributed by atoms with Gasteiger partial charge >= 0.3 is 11.9 Å². The van der Waals surface area contributed by atoms with Gasteiger partial charge in [-0.15, -0.1) is 0 Å². The summed E-state index contributed by atoms with van der Waals surface area (Å²) < 4.78 is 10.8. The Kier molecular flexibility index (Phi) is 5.03. The van der Waals surface area contributed by atoms with Crippen molar-refractivity contribution in [2.24, 2.45) is 4.99 Å². The van der Waals surface area contributed by atoms with Gasteiger partial charge in [0.15, 0.2) is 5.70 Å². The molecule has 0 aromatic heterocycles. The molecule has 0 atom stereocenters. The molecule has 29 heavy (non-hydrogen) atoms. The number of carbonyl (C=O) groups excluding carboxylic acids is 2. The number of aliphatic imine (C=N–C) groups is 1. The lowest BCUT2D eigenvalue weighted by atomic mass is 10.1. The maximum Gasteiger partial charge on any atom is 0.363 e. The largest absolute Gasteiger partial charge is 0.422 e. The number of hydrogen-bond donors (Lipinski definition) is 0. The van der Waals surface area contributed by atoms with Crippen LogP contribution in [0.3, 0.4) is 0 Å². The number of hydrogen-bond acceptors (Lipinski definition) is 5. The average Bonchev–Trinajstić information content (AvgIpc) is 3.11. The molecule has 1 aliphatic rings. The fraction of sp³-hybridized carbons (Fsp3) is 0.0417. The van der Waals surface area contributed by atoms with E-state index in [9.17, 15) is 9.59 Å². The van der Waals surface area contributed by atoms with Crippen molar-refractivity contribution < 1.29 is 19.1 Å². The summed E-state index contributed by atoms with van der Waals surface area (Å²) in [6, 6.07) is 23.2.